The molecule has 0 saturated heterocycles. The number of carbonyl (C=O) groups is 2. The minimum absolute atomic E-state index is 0.198. The molecule has 0 aromatic heterocycles. The van der Waals surface area contributed by atoms with Crippen molar-refractivity contribution in [3.05, 3.63) is 94.2 Å². The van der Waals surface area contributed by atoms with Gasteiger partial charge in [0, 0.05) is 5.75 Å². The van der Waals surface area contributed by atoms with Gasteiger partial charge in [-0.3, -0.25) is 0 Å². The topological polar surface area (TPSA) is 64.6 Å². The zero-order valence-electron chi connectivity index (χ0n) is 15.5. The monoisotopic (exact) mass is 395 g/mol. The van der Waals surface area contributed by atoms with E-state index >= 15 is 0 Å². The number of ether oxygens (including phenoxy) is 2. The van der Waals surface area contributed by atoms with Crippen molar-refractivity contribution in [2.45, 2.75) is 20.1 Å². The zero-order chi connectivity index (χ0) is 19.8. The Labute approximate surface area is 168 Å². The van der Waals surface area contributed by atoms with Crippen molar-refractivity contribution >= 4 is 23.7 Å². The minimum Gasteiger partial charge on any atom is -0.458 e. The van der Waals surface area contributed by atoms with Crippen molar-refractivity contribution in [3.8, 4) is 0 Å². The van der Waals surface area contributed by atoms with Gasteiger partial charge in [-0.05, 0) is 23.6 Å². The van der Waals surface area contributed by atoms with Gasteiger partial charge in [0.25, 0.3) is 0 Å². The van der Waals surface area contributed by atoms with E-state index in [-0.39, 0.29) is 13.2 Å². The predicted molar refractivity (Wildman–Crippen MR) is 109 cm³/mol. The van der Waals surface area contributed by atoms with E-state index in [2.05, 4.69) is 5.32 Å². The van der Waals surface area contributed by atoms with Crippen molar-refractivity contribution in [2.24, 2.45) is 0 Å². The predicted octanol–water partition coefficient (Wildman–Crippen LogP) is 3.93. The summed E-state index contributed by atoms with van der Waals surface area (Å²) in [6.07, 6.45) is 1.37. The fourth-order valence-electron chi connectivity index (χ4n) is 2.50. The lowest BCUT2D eigenvalue weighted by Crippen LogP contribution is -2.27. The highest BCUT2D eigenvalue weighted by atomic mass is 32.2. The second-order valence-corrected chi connectivity index (χ2v) is 7.25. The molecule has 144 valence electrons. The van der Waals surface area contributed by atoms with Crippen LogP contribution in [0.25, 0.3) is 0 Å². The summed E-state index contributed by atoms with van der Waals surface area (Å²) in [5, 5.41) is 3.56. The zero-order valence-corrected chi connectivity index (χ0v) is 16.3. The molecular weight excluding hydrogens is 374 g/mol. The van der Waals surface area contributed by atoms with Crippen LogP contribution in [0.15, 0.2) is 83.0 Å². The third kappa shape index (κ3) is 5.76. The van der Waals surface area contributed by atoms with Crippen molar-refractivity contribution in [1.29, 1.82) is 0 Å². The smallest absolute Gasteiger partial charge is 0.355 e. The van der Waals surface area contributed by atoms with E-state index in [4.69, 9.17) is 9.47 Å². The first-order chi connectivity index (χ1) is 13.6. The van der Waals surface area contributed by atoms with E-state index in [1.54, 1.807) is 0 Å². The van der Waals surface area contributed by atoms with E-state index in [1.165, 1.54) is 17.8 Å². The molecule has 2 aromatic carbocycles. The lowest BCUT2D eigenvalue weighted by molar-refractivity contribution is -0.141. The molecule has 28 heavy (non-hydrogen) atoms. The Morgan fingerprint density at radius 3 is 2.14 bits per heavy atom. The number of hydrogen-bond donors (Lipinski definition) is 1. The van der Waals surface area contributed by atoms with E-state index in [9.17, 15) is 9.59 Å². The number of benzene rings is 2. The number of hydrogen-bond acceptors (Lipinski definition) is 6. The van der Waals surface area contributed by atoms with Gasteiger partial charge >= 0.3 is 11.9 Å². The number of thioether (sulfide) groups is 1. The molecule has 2 aromatic rings. The molecule has 0 unspecified atom stereocenters. The summed E-state index contributed by atoms with van der Waals surface area (Å²) in [5.74, 6) is -0.304. The van der Waals surface area contributed by atoms with Gasteiger partial charge in [-0.25, -0.2) is 9.59 Å². The Hall–Kier alpha value is -2.99. The summed E-state index contributed by atoms with van der Waals surface area (Å²) in [7, 11) is 0. The first kappa shape index (κ1) is 19.8. The summed E-state index contributed by atoms with van der Waals surface area (Å²) in [6, 6.07) is 19.0. The van der Waals surface area contributed by atoms with E-state index in [1.807, 2.05) is 67.6 Å². The number of rotatable bonds is 6. The third-order valence-corrected chi connectivity index (χ3v) is 5.12. The van der Waals surface area contributed by atoms with Crippen LogP contribution in [-0.4, -0.2) is 17.7 Å². The number of carbonyl (C=O) groups excluding carboxylic acids is 2. The van der Waals surface area contributed by atoms with Gasteiger partial charge in [-0.1, -0.05) is 60.7 Å². The van der Waals surface area contributed by atoms with Gasteiger partial charge in [-0.2, -0.15) is 0 Å². The maximum atomic E-state index is 12.4. The minimum atomic E-state index is -0.463. The molecule has 1 aliphatic heterocycles. The van der Waals surface area contributed by atoms with Crippen LogP contribution in [0.4, 0.5) is 0 Å². The molecule has 0 amide bonds. The van der Waals surface area contributed by atoms with Crippen LogP contribution < -0.4 is 5.32 Å². The normalized spacial score (nSPS) is 15.1. The molecule has 5 nitrogen and oxygen atoms in total. The summed E-state index contributed by atoms with van der Waals surface area (Å²) < 4.78 is 10.6. The Kier molecular flexibility index (Phi) is 6.92. The molecular formula is C22H21NO4S. The molecule has 0 bridgehead atoms. The van der Waals surface area contributed by atoms with Crippen LogP contribution in [0.1, 0.15) is 18.1 Å². The molecule has 0 saturated carbocycles. The third-order valence-electron chi connectivity index (χ3n) is 4.01. The van der Waals surface area contributed by atoms with Gasteiger partial charge in [0.15, 0.2) is 0 Å². The van der Waals surface area contributed by atoms with Gasteiger partial charge in [-0.15, -0.1) is 11.8 Å². The highest BCUT2D eigenvalue weighted by Gasteiger charge is 2.21. The maximum Gasteiger partial charge on any atom is 0.355 e. The van der Waals surface area contributed by atoms with Crippen LogP contribution in [0.2, 0.25) is 0 Å². The van der Waals surface area contributed by atoms with Crippen LogP contribution in [0.5, 0.6) is 0 Å². The molecule has 0 aliphatic carbocycles. The van der Waals surface area contributed by atoms with Crippen molar-refractivity contribution < 1.29 is 19.1 Å². The first-order valence-corrected chi connectivity index (χ1v) is 9.83. The average molecular weight is 395 g/mol. The van der Waals surface area contributed by atoms with E-state index < -0.39 is 11.9 Å². The van der Waals surface area contributed by atoms with Gasteiger partial charge in [0.05, 0.1) is 11.1 Å². The summed E-state index contributed by atoms with van der Waals surface area (Å²) in [6.45, 7) is 2.27. The molecule has 0 atom stereocenters. The van der Waals surface area contributed by atoms with E-state index in [0.29, 0.717) is 16.5 Å². The van der Waals surface area contributed by atoms with Gasteiger partial charge in [0.1, 0.15) is 18.9 Å². The summed E-state index contributed by atoms with van der Waals surface area (Å²) in [4.78, 5) is 24.5. The molecule has 1 heterocycles. The highest BCUT2D eigenvalue weighted by molar-refractivity contribution is 8.03. The highest BCUT2D eigenvalue weighted by Crippen LogP contribution is 2.25. The molecule has 3 rings (SSSR count). The van der Waals surface area contributed by atoms with Crippen LogP contribution in [-0.2, 0) is 32.3 Å². The van der Waals surface area contributed by atoms with Crippen molar-refractivity contribution in [2.75, 3.05) is 5.75 Å². The molecule has 0 spiro atoms. The van der Waals surface area contributed by atoms with Crippen molar-refractivity contribution in [3.63, 3.8) is 0 Å². The molecule has 6 heteroatoms. The lowest BCUT2D eigenvalue weighted by Gasteiger charge is -2.21. The fourth-order valence-corrected chi connectivity index (χ4v) is 3.37. The number of nitrogens with one attached hydrogen (secondary N) is 1. The van der Waals surface area contributed by atoms with Gasteiger partial charge < -0.3 is 14.8 Å². The molecule has 1 aliphatic rings. The maximum absolute atomic E-state index is 12.4. The Morgan fingerprint density at radius 2 is 1.54 bits per heavy atom. The molecule has 0 fully saturated rings. The van der Waals surface area contributed by atoms with Crippen LogP contribution >= 0.6 is 11.8 Å². The van der Waals surface area contributed by atoms with Crippen LogP contribution in [0, 0.1) is 0 Å². The van der Waals surface area contributed by atoms with Crippen molar-refractivity contribution in [1.82, 2.24) is 5.32 Å². The Morgan fingerprint density at radius 1 is 0.964 bits per heavy atom. The quantitative estimate of drug-likeness (QED) is 0.591. The summed E-state index contributed by atoms with van der Waals surface area (Å²) >= 11 is 1.44. The Bertz CT molecular complexity index is 891. The second kappa shape index (κ2) is 9.80. The van der Waals surface area contributed by atoms with E-state index in [0.717, 1.165) is 16.7 Å². The second-order valence-electron chi connectivity index (χ2n) is 6.23. The SMILES string of the molecule is CC1=C(C(=O)OCc2ccccc2)N/C(=C\C(=O)OCc2ccccc2)SC1. The summed E-state index contributed by atoms with van der Waals surface area (Å²) in [5.41, 5.74) is 3.08. The van der Waals surface area contributed by atoms with Crippen LogP contribution in [0.3, 0.4) is 0 Å². The fraction of sp³-hybridized carbons (Fsp3) is 0.182. The molecule has 1 N–H and O–H groups in total. The molecule has 0 radical (unpaired) electrons. The first-order valence-electron chi connectivity index (χ1n) is 8.85. The largest absolute Gasteiger partial charge is 0.458 e. The standard InChI is InChI=1S/C22H21NO4S/c1-16-15-28-19(12-20(24)26-13-17-8-4-2-5-9-17)23-21(16)22(25)27-14-18-10-6-3-7-11-18/h2-12,23H,13-15H2,1H3/b19-12+. The van der Waals surface area contributed by atoms with Gasteiger partial charge in [0.2, 0.25) is 0 Å². The Balaban J connectivity index is 1.56. The lowest BCUT2D eigenvalue weighted by atomic mass is 10.2. The number of esters is 2. The average Bonchev–Trinajstić information content (AvgIpc) is 2.73.